The van der Waals surface area contributed by atoms with E-state index < -0.39 is 0 Å². The third kappa shape index (κ3) is 3.38. The Hall–Kier alpha value is -0.0900. The Morgan fingerprint density at radius 3 is 2.90 bits per heavy atom. The van der Waals surface area contributed by atoms with Crippen LogP contribution in [-0.4, -0.2) is 31.1 Å². The van der Waals surface area contributed by atoms with Crippen LogP contribution in [-0.2, 0) is 6.42 Å². The third-order valence-electron chi connectivity index (χ3n) is 4.89. The molecule has 3 rings (SSSR count). The number of thiophene rings is 1. The van der Waals surface area contributed by atoms with E-state index in [1.54, 1.807) is 11.3 Å². The topological polar surface area (TPSA) is 15.3 Å². The second kappa shape index (κ2) is 6.78. The maximum atomic E-state index is 6.17. The molecule has 1 heterocycles. The number of halogens is 1. The van der Waals surface area contributed by atoms with Crippen molar-refractivity contribution in [1.29, 1.82) is 0 Å². The minimum Gasteiger partial charge on any atom is -0.309 e. The number of nitrogens with one attached hydrogen (secondary N) is 1. The molecular weight excluding hydrogens is 288 g/mol. The number of nitrogens with zero attached hydrogens (tertiary/aromatic N) is 1. The molecule has 4 heteroatoms. The van der Waals surface area contributed by atoms with E-state index in [-0.39, 0.29) is 0 Å². The molecule has 1 N–H and O–H groups in total. The molecular formula is C16H25ClN2S. The lowest BCUT2D eigenvalue weighted by Crippen LogP contribution is -2.37. The lowest BCUT2D eigenvalue weighted by Gasteiger charge is -2.27. The summed E-state index contributed by atoms with van der Waals surface area (Å²) in [6, 6.07) is 3.53. The third-order valence-corrected chi connectivity index (χ3v) is 6.23. The average molecular weight is 313 g/mol. The van der Waals surface area contributed by atoms with Crippen molar-refractivity contribution in [3.05, 3.63) is 20.8 Å². The van der Waals surface area contributed by atoms with Gasteiger partial charge < -0.3 is 10.2 Å². The Kier molecular flexibility index (Phi) is 5.03. The Labute approximate surface area is 131 Å². The molecule has 2 aliphatic carbocycles. The zero-order valence-electron chi connectivity index (χ0n) is 12.3. The molecule has 1 fully saturated rings. The van der Waals surface area contributed by atoms with E-state index in [0.29, 0.717) is 6.04 Å². The fourth-order valence-electron chi connectivity index (χ4n) is 3.68. The summed E-state index contributed by atoms with van der Waals surface area (Å²) in [5, 5.41) is 3.75. The van der Waals surface area contributed by atoms with Crippen molar-refractivity contribution in [3.8, 4) is 0 Å². The van der Waals surface area contributed by atoms with Gasteiger partial charge >= 0.3 is 0 Å². The van der Waals surface area contributed by atoms with E-state index in [4.69, 9.17) is 11.6 Å². The summed E-state index contributed by atoms with van der Waals surface area (Å²) < 4.78 is 0.951. The molecule has 0 aliphatic heterocycles. The molecule has 1 aromatic heterocycles. The van der Waals surface area contributed by atoms with Gasteiger partial charge in [-0.15, -0.1) is 11.3 Å². The van der Waals surface area contributed by atoms with Crippen LogP contribution in [0, 0.1) is 0 Å². The van der Waals surface area contributed by atoms with Crippen LogP contribution in [0.1, 0.15) is 55.0 Å². The van der Waals surface area contributed by atoms with Gasteiger partial charge in [-0.1, -0.05) is 24.4 Å². The second-order valence-electron chi connectivity index (χ2n) is 6.25. The van der Waals surface area contributed by atoms with Crippen molar-refractivity contribution in [2.75, 3.05) is 20.1 Å². The van der Waals surface area contributed by atoms with Gasteiger partial charge in [0, 0.05) is 30.1 Å². The molecule has 20 heavy (non-hydrogen) atoms. The number of hydrogen-bond donors (Lipinski definition) is 1. The van der Waals surface area contributed by atoms with Gasteiger partial charge in [0.25, 0.3) is 0 Å². The van der Waals surface area contributed by atoms with Crippen LogP contribution in [0.5, 0.6) is 0 Å². The van der Waals surface area contributed by atoms with Crippen molar-refractivity contribution in [2.24, 2.45) is 0 Å². The predicted molar refractivity (Wildman–Crippen MR) is 87.9 cm³/mol. The lowest BCUT2D eigenvalue weighted by atomic mass is 9.94. The van der Waals surface area contributed by atoms with Gasteiger partial charge in [-0.2, -0.15) is 0 Å². The highest BCUT2D eigenvalue weighted by molar-refractivity contribution is 7.16. The number of rotatable bonds is 5. The van der Waals surface area contributed by atoms with Crippen molar-refractivity contribution < 1.29 is 0 Å². The molecule has 2 nitrogen and oxygen atoms in total. The smallest absolute Gasteiger partial charge is 0.0934 e. The van der Waals surface area contributed by atoms with E-state index in [2.05, 4.69) is 23.3 Å². The second-order valence-corrected chi connectivity index (χ2v) is 8.01. The zero-order chi connectivity index (χ0) is 13.9. The number of fused-ring (bicyclic) bond motifs is 1. The maximum absolute atomic E-state index is 6.17. The minimum absolute atomic E-state index is 0.527. The van der Waals surface area contributed by atoms with E-state index in [0.717, 1.165) is 23.5 Å². The van der Waals surface area contributed by atoms with Gasteiger partial charge in [-0.25, -0.2) is 0 Å². The highest BCUT2D eigenvalue weighted by Crippen LogP contribution is 2.37. The van der Waals surface area contributed by atoms with Crippen LogP contribution in [0.3, 0.4) is 0 Å². The molecule has 0 aromatic carbocycles. The number of likely N-dealkylation sites (N-methyl/N-ethyl adjacent to an activating group) is 1. The summed E-state index contributed by atoms with van der Waals surface area (Å²) in [7, 11) is 2.28. The van der Waals surface area contributed by atoms with Gasteiger partial charge in [-0.05, 0) is 50.8 Å². The fourth-order valence-corrected chi connectivity index (χ4v) is 5.06. The predicted octanol–water partition coefficient (Wildman–Crippen LogP) is 4.24. The summed E-state index contributed by atoms with van der Waals surface area (Å²) in [4.78, 5) is 4.05. The summed E-state index contributed by atoms with van der Waals surface area (Å²) >= 11 is 7.94. The first-order valence-electron chi connectivity index (χ1n) is 7.96. The lowest BCUT2D eigenvalue weighted by molar-refractivity contribution is 0.240. The Morgan fingerprint density at radius 2 is 2.10 bits per heavy atom. The van der Waals surface area contributed by atoms with Crippen LogP contribution in [0.15, 0.2) is 6.07 Å². The van der Waals surface area contributed by atoms with Crippen LogP contribution in [0.25, 0.3) is 0 Å². The first-order chi connectivity index (χ1) is 9.74. The average Bonchev–Trinajstić information content (AvgIpc) is 3.06. The van der Waals surface area contributed by atoms with Crippen LogP contribution >= 0.6 is 22.9 Å². The van der Waals surface area contributed by atoms with E-state index in [1.165, 1.54) is 55.4 Å². The zero-order valence-corrected chi connectivity index (χ0v) is 13.9. The molecule has 0 saturated heterocycles. The Balaban J connectivity index is 1.49. The van der Waals surface area contributed by atoms with Crippen LogP contribution < -0.4 is 5.32 Å². The Bertz CT molecular complexity index is 440. The van der Waals surface area contributed by atoms with Gasteiger partial charge in [0.05, 0.1) is 4.34 Å². The summed E-state index contributed by atoms with van der Waals surface area (Å²) in [5.41, 5.74) is 1.47. The molecule has 0 radical (unpaired) electrons. The monoisotopic (exact) mass is 312 g/mol. The normalized spacial score (nSPS) is 23.4. The van der Waals surface area contributed by atoms with Crippen LogP contribution in [0.2, 0.25) is 4.34 Å². The minimum atomic E-state index is 0.527. The van der Waals surface area contributed by atoms with E-state index >= 15 is 0 Å². The van der Waals surface area contributed by atoms with Crippen molar-refractivity contribution in [1.82, 2.24) is 10.2 Å². The molecule has 2 aliphatic rings. The fraction of sp³-hybridized carbons (Fsp3) is 0.750. The van der Waals surface area contributed by atoms with Crippen LogP contribution in [0.4, 0.5) is 0 Å². The molecule has 0 bridgehead atoms. The highest BCUT2D eigenvalue weighted by Gasteiger charge is 2.23. The largest absolute Gasteiger partial charge is 0.309 e. The quantitative estimate of drug-likeness (QED) is 0.874. The molecule has 1 aromatic rings. The molecule has 0 amide bonds. The first-order valence-corrected chi connectivity index (χ1v) is 9.15. The molecule has 112 valence electrons. The van der Waals surface area contributed by atoms with Gasteiger partial charge in [-0.3, -0.25) is 0 Å². The maximum Gasteiger partial charge on any atom is 0.0934 e. The van der Waals surface area contributed by atoms with Crippen molar-refractivity contribution in [3.63, 3.8) is 0 Å². The highest BCUT2D eigenvalue weighted by atomic mass is 35.5. The van der Waals surface area contributed by atoms with E-state index in [9.17, 15) is 0 Å². The van der Waals surface area contributed by atoms with Gasteiger partial charge in [0.2, 0.25) is 0 Å². The molecule has 1 unspecified atom stereocenters. The summed E-state index contributed by atoms with van der Waals surface area (Å²) in [6.07, 6.45) is 9.39. The molecule has 0 spiro atoms. The van der Waals surface area contributed by atoms with Crippen molar-refractivity contribution >= 4 is 22.9 Å². The van der Waals surface area contributed by atoms with E-state index in [1.807, 2.05) is 0 Å². The Morgan fingerprint density at radius 1 is 1.30 bits per heavy atom. The summed E-state index contributed by atoms with van der Waals surface area (Å²) in [6.45, 7) is 2.25. The molecule has 1 atom stereocenters. The van der Waals surface area contributed by atoms with Gasteiger partial charge in [0.15, 0.2) is 0 Å². The first kappa shape index (κ1) is 14.8. The molecule has 1 saturated carbocycles. The van der Waals surface area contributed by atoms with Crippen molar-refractivity contribution in [2.45, 2.75) is 57.0 Å². The number of hydrogen-bond acceptors (Lipinski definition) is 3. The summed E-state index contributed by atoms with van der Waals surface area (Å²) in [5.74, 6) is 0. The number of aryl methyl sites for hydroxylation is 1. The standard InChI is InChI=1S/C16H25ClN2S/c1-19(12-5-2-3-6-12)10-9-18-14-7-4-8-15-13(14)11-16(17)20-15/h11-12,14,18H,2-10H2,1H3. The SMILES string of the molecule is CN(CCNC1CCCc2sc(Cl)cc21)C1CCCC1. The van der Waals surface area contributed by atoms with Gasteiger partial charge in [0.1, 0.15) is 0 Å².